The first-order valence-electron chi connectivity index (χ1n) is 11.9. The third kappa shape index (κ3) is 5.43. The fourth-order valence-corrected chi connectivity index (χ4v) is 4.90. The minimum atomic E-state index is -4.77. The average Bonchev–Trinajstić information content (AvgIpc) is 2.81. The highest BCUT2D eigenvalue weighted by molar-refractivity contribution is 5.85. The Labute approximate surface area is 197 Å². The Morgan fingerprint density at radius 3 is 2.32 bits per heavy atom. The summed E-state index contributed by atoms with van der Waals surface area (Å²) in [6, 6.07) is 11.7. The van der Waals surface area contributed by atoms with Crippen LogP contribution in [0.15, 0.2) is 48.5 Å². The van der Waals surface area contributed by atoms with Crippen LogP contribution in [0.1, 0.15) is 80.0 Å². The number of benzene rings is 3. The Hall–Kier alpha value is -2.87. The van der Waals surface area contributed by atoms with Crippen LogP contribution in [0.2, 0.25) is 0 Å². The molecule has 3 aromatic carbocycles. The monoisotopic (exact) mass is 470 g/mol. The largest absolute Gasteiger partial charge is 0.419 e. The highest BCUT2D eigenvalue weighted by Gasteiger charge is 2.33. The van der Waals surface area contributed by atoms with Gasteiger partial charge in [0.2, 0.25) is 0 Å². The Balaban J connectivity index is 1.52. The van der Waals surface area contributed by atoms with Crippen molar-refractivity contribution in [1.29, 1.82) is 0 Å². The fraction of sp³-hybridized carbons (Fsp3) is 0.379. The molecule has 0 N–H and O–H groups in total. The zero-order valence-electron chi connectivity index (χ0n) is 19.1. The zero-order chi connectivity index (χ0) is 24.3. The van der Waals surface area contributed by atoms with Crippen molar-refractivity contribution in [3.05, 3.63) is 82.4 Å². The summed E-state index contributed by atoms with van der Waals surface area (Å²) >= 11 is 0. The summed E-state index contributed by atoms with van der Waals surface area (Å²) in [5.41, 5.74) is 0.0620. The molecule has 0 spiro atoms. The van der Waals surface area contributed by atoms with Crippen LogP contribution >= 0.6 is 0 Å². The molecule has 5 heteroatoms. The first-order chi connectivity index (χ1) is 16.3. The van der Waals surface area contributed by atoms with E-state index in [1.54, 1.807) is 12.1 Å². The summed E-state index contributed by atoms with van der Waals surface area (Å²) in [6.45, 7) is 2.23. The van der Waals surface area contributed by atoms with Crippen LogP contribution < -0.4 is 0 Å². The van der Waals surface area contributed by atoms with Gasteiger partial charge in [0.05, 0.1) is 11.1 Å². The quantitative estimate of drug-likeness (QED) is 0.264. The molecular weight excluding hydrogens is 443 g/mol. The molecule has 0 unspecified atom stereocenters. The van der Waals surface area contributed by atoms with Crippen molar-refractivity contribution in [3.63, 3.8) is 0 Å². The van der Waals surface area contributed by atoms with E-state index in [1.807, 2.05) is 12.1 Å². The van der Waals surface area contributed by atoms with Crippen molar-refractivity contribution in [2.45, 2.75) is 64.0 Å². The smallest absolute Gasteiger partial charge is 0.206 e. The van der Waals surface area contributed by atoms with Crippen LogP contribution in [0, 0.1) is 29.4 Å². The van der Waals surface area contributed by atoms with Crippen LogP contribution in [-0.4, -0.2) is 0 Å². The van der Waals surface area contributed by atoms with Gasteiger partial charge in [-0.05, 0) is 72.7 Å². The molecule has 4 rings (SSSR count). The van der Waals surface area contributed by atoms with E-state index in [2.05, 4.69) is 24.8 Å². The van der Waals surface area contributed by atoms with Gasteiger partial charge in [0.1, 0.15) is 11.6 Å². The maximum atomic E-state index is 15.1. The van der Waals surface area contributed by atoms with Crippen molar-refractivity contribution < 1.29 is 22.0 Å². The first-order valence-corrected chi connectivity index (χ1v) is 11.9. The first kappa shape index (κ1) is 24.3. The summed E-state index contributed by atoms with van der Waals surface area (Å²) in [6.07, 6.45) is 3.90. The lowest BCUT2D eigenvalue weighted by Crippen LogP contribution is -2.13. The lowest BCUT2D eigenvalue weighted by molar-refractivity contribution is -0.140. The third-order valence-corrected chi connectivity index (χ3v) is 6.88. The van der Waals surface area contributed by atoms with Gasteiger partial charge in [-0.3, -0.25) is 0 Å². The van der Waals surface area contributed by atoms with E-state index in [1.165, 1.54) is 37.7 Å². The number of rotatable bonds is 4. The molecule has 0 atom stereocenters. The summed E-state index contributed by atoms with van der Waals surface area (Å²) in [5, 5.41) is 1.25. The third-order valence-electron chi connectivity index (χ3n) is 6.88. The van der Waals surface area contributed by atoms with Crippen molar-refractivity contribution in [3.8, 4) is 11.8 Å². The molecule has 0 saturated heterocycles. The van der Waals surface area contributed by atoms with Gasteiger partial charge >= 0.3 is 6.18 Å². The molecule has 34 heavy (non-hydrogen) atoms. The number of halogens is 5. The van der Waals surface area contributed by atoms with Crippen LogP contribution in [-0.2, 0) is 6.18 Å². The Kier molecular flexibility index (Phi) is 7.26. The number of hydrogen-bond acceptors (Lipinski definition) is 0. The van der Waals surface area contributed by atoms with E-state index < -0.39 is 23.4 Å². The van der Waals surface area contributed by atoms with Crippen molar-refractivity contribution in [2.75, 3.05) is 0 Å². The summed E-state index contributed by atoms with van der Waals surface area (Å²) in [5.74, 6) is 4.65. The summed E-state index contributed by atoms with van der Waals surface area (Å²) < 4.78 is 67.0. The standard InChI is InChI=1S/C29H27F5/c1-2-3-4-19-5-9-21(10-6-19)23-14-15-25-24(18-23)13-12-22(28(25)31)11-7-20-8-16-26(27(30)17-20)29(32,33)34/h8,12-19,21H,2-6,9-10H2,1H3. The van der Waals surface area contributed by atoms with Gasteiger partial charge in [0.25, 0.3) is 0 Å². The molecule has 0 amide bonds. The lowest BCUT2D eigenvalue weighted by atomic mass is 9.77. The maximum Gasteiger partial charge on any atom is 0.419 e. The summed E-state index contributed by atoms with van der Waals surface area (Å²) in [4.78, 5) is 0. The van der Waals surface area contributed by atoms with Crippen molar-refractivity contribution in [2.24, 2.45) is 5.92 Å². The molecule has 0 aliphatic heterocycles. The average molecular weight is 471 g/mol. The highest BCUT2D eigenvalue weighted by Crippen LogP contribution is 2.39. The molecule has 0 heterocycles. The van der Waals surface area contributed by atoms with Crippen LogP contribution in [0.4, 0.5) is 22.0 Å². The number of fused-ring (bicyclic) bond motifs is 1. The second-order valence-electron chi connectivity index (χ2n) is 9.21. The van der Waals surface area contributed by atoms with Crippen molar-refractivity contribution >= 4 is 10.8 Å². The normalized spacial score (nSPS) is 18.5. The van der Waals surface area contributed by atoms with Gasteiger partial charge in [-0.25, -0.2) is 8.78 Å². The molecule has 1 fully saturated rings. The molecule has 0 bridgehead atoms. The molecule has 178 valence electrons. The highest BCUT2D eigenvalue weighted by atomic mass is 19.4. The number of unbranched alkanes of at least 4 members (excludes halogenated alkanes) is 1. The van der Waals surface area contributed by atoms with E-state index >= 15 is 4.39 Å². The van der Waals surface area contributed by atoms with Gasteiger partial charge in [-0.15, -0.1) is 0 Å². The van der Waals surface area contributed by atoms with E-state index in [0.29, 0.717) is 17.4 Å². The van der Waals surface area contributed by atoms with Gasteiger partial charge in [-0.1, -0.05) is 62.3 Å². The Morgan fingerprint density at radius 2 is 1.65 bits per heavy atom. The van der Waals surface area contributed by atoms with Crippen LogP contribution in [0.5, 0.6) is 0 Å². The number of alkyl halides is 3. The molecule has 3 aromatic rings. The minimum Gasteiger partial charge on any atom is -0.206 e. The van der Waals surface area contributed by atoms with Gasteiger partial charge < -0.3 is 0 Å². The molecule has 0 radical (unpaired) electrons. The topological polar surface area (TPSA) is 0 Å². The maximum absolute atomic E-state index is 15.1. The summed E-state index contributed by atoms with van der Waals surface area (Å²) in [7, 11) is 0. The number of hydrogen-bond donors (Lipinski definition) is 0. The van der Waals surface area contributed by atoms with Crippen molar-refractivity contribution in [1.82, 2.24) is 0 Å². The molecule has 0 nitrogen and oxygen atoms in total. The molecule has 1 aliphatic carbocycles. The molecule has 0 aromatic heterocycles. The SMILES string of the molecule is CCCCC1CCC(c2ccc3c(F)c(C#Cc4ccc(C(F)(F)F)c(F)c4)ccc3c2)CC1. The molecule has 1 saturated carbocycles. The second kappa shape index (κ2) is 10.2. The van der Waals surface area contributed by atoms with E-state index in [4.69, 9.17) is 0 Å². The van der Waals surface area contributed by atoms with Gasteiger partial charge in [0.15, 0.2) is 0 Å². The van der Waals surface area contributed by atoms with E-state index in [0.717, 1.165) is 36.3 Å². The van der Waals surface area contributed by atoms with Gasteiger partial charge in [-0.2, -0.15) is 13.2 Å². The molecule has 1 aliphatic rings. The second-order valence-corrected chi connectivity index (χ2v) is 9.21. The molecular formula is C29H27F5. The van der Waals surface area contributed by atoms with Gasteiger partial charge in [0, 0.05) is 10.9 Å². The lowest BCUT2D eigenvalue weighted by Gasteiger charge is -2.29. The Morgan fingerprint density at radius 1 is 0.882 bits per heavy atom. The minimum absolute atomic E-state index is 0.0508. The zero-order valence-corrected chi connectivity index (χ0v) is 19.1. The van der Waals surface area contributed by atoms with Crippen LogP contribution in [0.25, 0.3) is 10.8 Å². The van der Waals surface area contributed by atoms with Crippen LogP contribution in [0.3, 0.4) is 0 Å². The predicted octanol–water partition coefficient (Wildman–Crippen LogP) is 9.00. The fourth-order valence-electron chi connectivity index (χ4n) is 4.90. The predicted molar refractivity (Wildman–Crippen MR) is 126 cm³/mol. The van der Waals surface area contributed by atoms with E-state index in [9.17, 15) is 17.6 Å². The Bertz CT molecular complexity index is 1220. The van der Waals surface area contributed by atoms with E-state index in [-0.39, 0.29) is 11.1 Å².